The molecule has 2 aromatic carbocycles. The van der Waals surface area contributed by atoms with E-state index >= 15 is 0 Å². The normalized spacial score (nSPS) is 12.0. The lowest BCUT2D eigenvalue weighted by Crippen LogP contribution is -2.15. The molecule has 0 aliphatic rings. The minimum Gasteiger partial charge on any atom is -0.494 e. The molecule has 0 saturated carbocycles. The molecule has 0 aliphatic carbocycles. The highest BCUT2D eigenvalue weighted by molar-refractivity contribution is 6.39. The van der Waals surface area contributed by atoms with E-state index in [-0.39, 0.29) is 28.3 Å². The van der Waals surface area contributed by atoms with Crippen molar-refractivity contribution in [2.75, 3.05) is 12.4 Å². The van der Waals surface area contributed by atoms with Crippen molar-refractivity contribution in [2.45, 2.75) is 32.1 Å². The maximum atomic E-state index is 12.8. The third-order valence-electron chi connectivity index (χ3n) is 5.51. The molecular weight excluding hydrogens is 459 g/mol. The molecule has 0 spiro atoms. The number of amides is 1. The smallest absolute Gasteiger partial charge is 0.228 e. The lowest BCUT2D eigenvalue weighted by Gasteiger charge is -2.13. The molecule has 6 nitrogen and oxygen atoms in total. The number of H-pyrrole nitrogens is 1. The first-order chi connectivity index (χ1) is 16.0. The Hall–Kier alpha value is -3.09. The van der Waals surface area contributed by atoms with Crippen molar-refractivity contribution in [3.63, 3.8) is 0 Å². The van der Waals surface area contributed by atoms with Crippen LogP contribution < -0.4 is 10.1 Å². The zero-order valence-corrected chi connectivity index (χ0v) is 19.9. The summed E-state index contributed by atoms with van der Waals surface area (Å²) in [6.45, 7) is 2.16. The standard InChI is InChI=1S/C25H24Cl2N4O2/c1-3-7-17(15-8-5-4-6-9-15)25-30-22-16(10-11-20(33-2)24(22)31-25)12-21(32)29-23-18(26)13-28-14-19(23)27/h4-6,8-11,13-14,17H,3,7,12H2,1-2H3,(H,30,31)(H,28,29,32). The molecule has 0 aliphatic heterocycles. The summed E-state index contributed by atoms with van der Waals surface area (Å²) < 4.78 is 5.56. The summed E-state index contributed by atoms with van der Waals surface area (Å²) in [6.07, 6.45) is 4.93. The summed E-state index contributed by atoms with van der Waals surface area (Å²) >= 11 is 12.3. The zero-order valence-electron chi connectivity index (χ0n) is 18.4. The highest BCUT2D eigenvalue weighted by Gasteiger charge is 2.21. The predicted molar refractivity (Wildman–Crippen MR) is 132 cm³/mol. The minimum absolute atomic E-state index is 0.101. The second-order valence-electron chi connectivity index (χ2n) is 7.73. The van der Waals surface area contributed by atoms with Gasteiger partial charge in [-0.3, -0.25) is 9.78 Å². The molecule has 1 unspecified atom stereocenters. The van der Waals surface area contributed by atoms with E-state index in [1.54, 1.807) is 7.11 Å². The van der Waals surface area contributed by atoms with Gasteiger partial charge in [-0.05, 0) is 23.6 Å². The molecule has 0 radical (unpaired) electrons. The van der Waals surface area contributed by atoms with Gasteiger partial charge in [-0.15, -0.1) is 0 Å². The summed E-state index contributed by atoms with van der Waals surface area (Å²) in [6, 6.07) is 14.0. The molecule has 2 N–H and O–H groups in total. The van der Waals surface area contributed by atoms with Gasteiger partial charge in [0.1, 0.15) is 17.1 Å². The topological polar surface area (TPSA) is 79.9 Å². The number of nitrogens with zero attached hydrogens (tertiary/aromatic N) is 2. The van der Waals surface area contributed by atoms with E-state index in [1.165, 1.54) is 18.0 Å². The molecule has 0 bridgehead atoms. The summed E-state index contributed by atoms with van der Waals surface area (Å²) in [4.78, 5) is 25.1. The van der Waals surface area contributed by atoms with Gasteiger partial charge in [-0.1, -0.05) is 72.9 Å². The maximum absolute atomic E-state index is 12.8. The summed E-state index contributed by atoms with van der Waals surface area (Å²) in [7, 11) is 1.62. The number of anilines is 1. The van der Waals surface area contributed by atoms with Crippen molar-refractivity contribution in [2.24, 2.45) is 0 Å². The molecule has 1 atom stereocenters. The Bertz CT molecular complexity index is 1250. The molecular formula is C25H24Cl2N4O2. The van der Waals surface area contributed by atoms with Crippen LogP contribution in [0.3, 0.4) is 0 Å². The van der Waals surface area contributed by atoms with Crippen molar-refractivity contribution >= 4 is 45.8 Å². The highest BCUT2D eigenvalue weighted by Crippen LogP contribution is 2.34. The van der Waals surface area contributed by atoms with Crippen LogP contribution in [0, 0.1) is 0 Å². The largest absolute Gasteiger partial charge is 0.494 e. The first kappa shape index (κ1) is 23.1. The Labute approximate surface area is 202 Å². The molecule has 1 amide bonds. The van der Waals surface area contributed by atoms with Crippen LogP contribution in [-0.4, -0.2) is 28.0 Å². The second kappa shape index (κ2) is 10.2. The van der Waals surface area contributed by atoms with Crippen LogP contribution >= 0.6 is 23.2 Å². The van der Waals surface area contributed by atoms with Crippen LogP contribution in [0.5, 0.6) is 5.75 Å². The molecule has 2 aromatic heterocycles. The molecule has 33 heavy (non-hydrogen) atoms. The van der Waals surface area contributed by atoms with Gasteiger partial charge < -0.3 is 15.0 Å². The van der Waals surface area contributed by atoms with Gasteiger partial charge in [-0.2, -0.15) is 0 Å². The number of nitrogens with one attached hydrogen (secondary N) is 2. The average Bonchev–Trinajstić information content (AvgIpc) is 3.26. The molecule has 0 saturated heterocycles. The van der Waals surface area contributed by atoms with Gasteiger partial charge in [0, 0.05) is 18.3 Å². The van der Waals surface area contributed by atoms with E-state index in [1.807, 2.05) is 30.3 Å². The van der Waals surface area contributed by atoms with Crippen LogP contribution in [0.4, 0.5) is 5.69 Å². The number of benzene rings is 2. The number of hydrogen-bond donors (Lipinski definition) is 2. The van der Waals surface area contributed by atoms with Gasteiger partial charge in [0.2, 0.25) is 5.91 Å². The number of methoxy groups -OCH3 is 1. The van der Waals surface area contributed by atoms with E-state index in [0.717, 1.165) is 29.7 Å². The number of rotatable bonds is 8. The Morgan fingerprint density at radius 3 is 2.52 bits per heavy atom. The molecule has 2 heterocycles. The van der Waals surface area contributed by atoms with Gasteiger partial charge in [-0.25, -0.2) is 4.98 Å². The van der Waals surface area contributed by atoms with E-state index < -0.39 is 0 Å². The average molecular weight is 483 g/mol. The van der Waals surface area contributed by atoms with E-state index in [2.05, 4.69) is 34.3 Å². The molecule has 4 aromatic rings. The zero-order chi connectivity index (χ0) is 23.4. The monoisotopic (exact) mass is 482 g/mol. The summed E-state index contributed by atoms with van der Waals surface area (Å²) in [5, 5.41) is 3.35. The third-order valence-corrected chi connectivity index (χ3v) is 6.08. The first-order valence-electron chi connectivity index (χ1n) is 10.7. The Balaban J connectivity index is 1.69. The fraction of sp³-hybridized carbons (Fsp3) is 0.240. The summed E-state index contributed by atoms with van der Waals surface area (Å²) in [5.41, 5.74) is 3.80. The van der Waals surface area contributed by atoms with Gasteiger partial charge >= 0.3 is 0 Å². The number of aromatic nitrogens is 3. The number of imidazole rings is 1. The number of aromatic amines is 1. The van der Waals surface area contributed by atoms with Crippen LogP contribution in [0.2, 0.25) is 10.0 Å². The quantitative estimate of drug-likeness (QED) is 0.305. The lowest BCUT2D eigenvalue weighted by atomic mass is 9.94. The van der Waals surface area contributed by atoms with E-state index in [0.29, 0.717) is 17.0 Å². The van der Waals surface area contributed by atoms with Crippen LogP contribution in [0.25, 0.3) is 11.0 Å². The molecule has 8 heteroatoms. The molecule has 4 rings (SSSR count). The number of ether oxygens (including phenoxy) is 1. The SMILES string of the molecule is CCCC(c1ccccc1)c1nc2c(CC(=O)Nc3c(Cl)cncc3Cl)ccc(OC)c2[nH]1. The van der Waals surface area contributed by atoms with Crippen LogP contribution in [0.15, 0.2) is 54.9 Å². The number of fused-ring (bicyclic) bond motifs is 1. The lowest BCUT2D eigenvalue weighted by molar-refractivity contribution is -0.115. The van der Waals surface area contributed by atoms with Crippen molar-refractivity contribution in [3.05, 3.63) is 81.9 Å². The maximum Gasteiger partial charge on any atom is 0.228 e. The number of carbonyl (C=O) groups is 1. The van der Waals surface area contributed by atoms with Crippen molar-refractivity contribution < 1.29 is 9.53 Å². The Morgan fingerprint density at radius 1 is 1.12 bits per heavy atom. The molecule has 0 fully saturated rings. The number of carbonyl (C=O) groups excluding carboxylic acids is 1. The van der Waals surface area contributed by atoms with Crippen molar-refractivity contribution in [1.82, 2.24) is 15.0 Å². The van der Waals surface area contributed by atoms with E-state index in [4.69, 9.17) is 32.9 Å². The van der Waals surface area contributed by atoms with Gasteiger partial charge in [0.25, 0.3) is 0 Å². The van der Waals surface area contributed by atoms with Crippen LogP contribution in [0.1, 0.15) is 42.6 Å². The highest BCUT2D eigenvalue weighted by atomic mass is 35.5. The fourth-order valence-corrected chi connectivity index (χ4v) is 4.40. The third kappa shape index (κ3) is 4.97. The van der Waals surface area contributed by atoms with Gasteiger partial charge in [0.05, 0.1) is 34.8 Å². The number of halogens is 2. The number of pyridine rings is 1. The first-order valence-corrected chi connectivity index (χ1v) is 11.5. The van der Waals surface area contributed by atoms with E-state index in [9.17, 15) is 4.79 Å². The van der Waals surface area contributed by atoms with Gasteiger partial charge in [0.15, 0.2) is 0 Å². The second-order valence-corrected chi connectivity index (χ2v) is 8.54. The minimum atomic E-state index is -0.255. The van der Waals surface area contributed by atoms with Crippen LogP contribution in [-0.2, 0) is 11.2 Å². The Kier molecular flexibility index (Phi) is 7.16. The predicted octanol–water partition coefficient (Wildman–Crippen LogP) is 6.39. The van der Waals surface area contributed by atoms with Crippen molar-refractivity contribution in [3.8, 4) is 5.75 Å². The Morgan fingerprint density at radius 2 is 1.85 bits per heavy atom. The number of hydrogen-bond acceptors (Lipinski definition) is 4. The van der Waals surface area contributed by atoms with Crippen molar-refractivity contribution in [1.29, 1.82) is 0 Å². The fourth-order valence-electron chi connectivity index (χ4n) is 3.94. The summed E-state index contributed by atoms with van der Waals surface area (Å²) in [5.74, 6) is 1.39. The molecule has 170 valence electrons.